The van der Waals surface area contributed by atoms with Gasteiger partial charge in [0.05, 0.1) is 0 Å². The van der Waals surface area contributed by atoms with Crippen molar-refractivity contribution in [3.63, 3.8) is 0 Å². The molecule has 0 bridgehead atoms. The Morgan fingerprint density at radius 3 is 1.11 bits per heavy atom. The summed E-state index contributed by atoms with van der Waals surface area (Å²) in [5, 5.41) is 0. The Kier molecular flexibility index (Phi) is 5.75. The third-order valence-corrected chi connectivity index (χ3v) is 0. The van der Waals surface area contributed by atoms with Crippen LogP contribution in [0.15, 0.2) is 0 Å². The summed E-state index contributed by atoms with van der Waals surface area (Å²) in [4.78, 5) is 0. The Balaban J connectivity index is 0. The van der Waals surface area contributed by atoms with Crippen molar-refractivity contribution in [1.82, 2.24) is 0 Å². The first kappa shape index (κ1) is 11.4. The molecule has 9 heavy (non-hydrogen) atoms. The molecule has 0 unspecified atom stereocenters. The summed E-state index contributed by atoms with van der Waals surface area (Å²) in [5.74, 6) is 0. The number of alkyl halides is 5. The highest BCUT2D eigenvalue weighted by Gasteiger charge is 2.15. The van der Waals surface area contributed by atoms with Crippen LogP contribution in [0.1, 0.15) is 13.8 Å². The van der Waals surface area contributed by atoms with Crippen molar-refractivity contribution in [3.8, 4) is 0 Å². The minimum Gasteiger partial charge on any atom is -0.211 e. The molecule has 0 spiro atoms. The van der Waals surface area contributed by atoms with Gasteiger partial charge in [-0.05, 0) is 6.92 Å². The Hall–Kier alpha value is -0.350. The van der Waals surface area contributed by atoms with Crippen molar-refractivity contribution < 1.29 is 22.0 Å². The van der Waals surface area contributed by atoms with Gasteiger partial charge in [-0.3, -0.25) is 0 Å². The zero-order chi connectivity index (χ0) is 8.08. The van der Waals surface area contributed by atoms with Crippen molar-refractivity contribution in [2.75, 3.05) is 0 Å². The predicted molar refractivity (Wildman–Crippen MR) is 23.4 cm³/mol. The van der Waals surface area contributed by atoms with Crippen LogP contribution < -0.4 is 0 Å². The summed E-state index contributed by atoms with van der Waals surface area (Å²) in [6, 6.07) is 0. The molecule has 0 amide bonds. The molecule has 0 aromatic carbocycles. The molecule has 0 heterocycles. The maximum Gasteiger partial charge on any atom is 0.386 e. The predicted octanol–water partition coefficient (Wildman–Crippen LogP) is 2.84. The van der Waals surface area contributed by atoms with E-state index in [1.54, 1.807) is 0 Å². The standard InChI is InChI=1S/C2H3F3.C2H4F2/c1-2(3,4)5;1-2(3)4/h1H3;2H,1H3. The van der Waals surface area contributed by atoms with Gasteiger partial charge in [-0.1, -0.05) is 0 Å². The molecule has 5 heteroatoms. The molecular formula is C4H7F5. The molecule has 0 fully saturated rings. The lowest BCUT2D eigenvalue weighted by atomic mass is 10.8. The molecule has 0 aliphatic carbocycles. The first-order valence-corrected chi connectivity index (χ1v) is 2.08. The van der Waals surface area contributed by atoms with Gasteiger partial charge in [0, 0.05) is 6.92 Å². The summed E-state index contributed by atoms with van der Waals surface area (Å²) in [7, 11) is 0. The molecular weight excluding hydrogens is 143 g/mol. The van der Waals surface area contributed by atoms with E-state index in [0.717, 1.165) is 6.92 Å². The van der Waals surface area contributed by atoms with Crippen molar-refractivity contribution in [2.24, 2.45) is 0 Å². The Labute approximate surface area is 49.7 Å². The first-order valence-electron chi connectivity index (χ1n) is 2.08. The summed E-state index contributed by atoms with van der Waals surface area (Å²) in [5.41, 5.74) is 0. The van der Waals surface area contributed by atoms with Crippen molar-refractivity contribution in [3.05, 3.63) is 0 Å². The van der Waals surface area contributed by atoms with Gasteiger partial charge in [-0.15, -0.1) is 0 Å². The second-order valence-electron chi connectivity index (χ2n) is 1.30. The zero-order valence-electron chi connectivity index (χ0n) is 4.97. The smallest absolute Gasteiger partial charge is 0.211 e. The lowest BCUT2D eigenvalue weighted by Gasteiger charge is -1.88. The Morgan fingerprint density at radius 1 is 1.11 bits per heavy atom. The van der Waals surface area contributed by atoms with Gasteiger partial charge in [0.2, 0.25) is 6.43 Å². The molecule has 0 aliphatic heterocycles. The van der Waals surface area contributed by atoms with E-state index in [1.807, 2.05) is 0 Å². The van der Waals surface area contributed by atoms with Crippen LogP contribution in [-0.2, 0) is 0 Å². The third-order valence-electron chi connectivity index (χ3n) is 0. The average molecular weight is 150 g/mol. The van der Waals surface area contributed by atoms with Crippen LogP contribution in [0.25, 0.3) is 0 Å². The van der Waals surface area contributed by atoms with E-state index in [1.165, 1.54) is 0 Å². The van der Waals surface area contributed by atoms with Gasteiger partial charge >= 0.3 is 6.18 Å². The van der Waals surface area contributed by atoms with Crippen LogP contribution in [-0.4, -0.2) is 12.6 Å². The molecule has 0 aliphatic rings. The summed E-state index contributed by atoms with van der Waals surface area (Å²) >= 11 is 0. The van der Waals surface area contributed by atoms with Crippen molar-refractivity contribution in [1.29, 1.82) is 0 Å². The molecule has 0 radical (unpaired) electrons. The molecule has 0 atom stereocenters. The summed E-state index contributed by atoms with van der Waals surface area (Å²) in [6.07, 6.45) is -6.17. The Morgan fingerprint density at radius 2 is 1.11 bits per heavy atom. The van der Waals surface area contributed by atoms with Crippen LogP contribution in [0, 0.1) is 0 Å². The molecule has 0 N–H and O–H groups in total. The van der Waals surface area contributed by atoms with E-state index in [4.69, 9.17) is 0 Å². The highest BCUT2D eigenvalue weighted by atomic mass is 19.4. The van der Waals surface area contributed by atoms with Crippen molar-refractivity contribution >= 4 is 0 Å². The molecule has 0 nitrogen and oxygen atoms in total. The average Bonchev–Trinajstić information content (AvgIpc) is 1.19. The van der Waals surface area contributed by atoms with Crippen LogP contribution in [0.3, 0.4) is 0 Å². The van der Waals surface area contributed by atoms with Gasteiger partial charge in [0.15, 0.2) is 0 Å². The van der Waals surface area contributed by atoms with Crippen LogP contribution in [0.5, 0.6) is 0 Å². The summed E-state index contributed by atoms with van der Waals surface area (Å²) < 4.78 is 51.7. The topological polar surface area (TPSA) is 0 Å². The molecule has 58 valence electrons. The maximum absolute atomic E-state index is 10.4. The van der Waals surface area contributed by atoms with Crippen LogP contribution in [0.2, 0.25) is 0 Å². The minimum absolute atomic E-state index is 0.188. The van der Waals surface area contributed by atoms with Gasteiger partial charge in [-0.2, -0.15) is 13.2 Å². The van der Waals surface area contributed by atoms with Crippen LogP contribution in [0.4, 0.5) is 22.0 Å². The number of halogens is 5. The third kappa shape index (κ3) is 1990. The maximum atomic E-state index is 10.4. The van der Waals surface area contributed by atoms with E-state index in [-0.39, 0.29) is 6.92 Å². The molecule has 0 aromatic heterocycles. The van der Waals surface area contributed by atoms with Gasteiger partial charge in [-0.25, -0.2) is 8.78 Å². The van der Waals surface area contributed by atoms with Gasteiger partial charge < -0.3 is 0 Å². The number of hydrogen-bond donors (Lipinski definition) is 0. The van der Waals surface area contributed by atoms with Gasteiger partial charge in [0.25, 0.3) is 0 Å². The SMILES string of the molecule is CC(F)(F)F.CC(F)F. The van der Waals surface area contributed by atoms with E-state index >= 15 is 0 Å². The largest absolute Gasteiger partial charge is 0.386 e. The molecule has 0 aromatic rings. The minimum atomic E-state index is -4.00. The monoisotopic (exact) mass is 150 g/mol. The molecule has 0 saturated carbocycles. The van der Waals surface area contributed by atoms with E-state index in [9.17, 15) is 22.0 Å². The highest BCUT2D eigenvalue weighted by molar-refractivity contribution is 4.26. The number of rotatable bonds is 0. The fraction of sp³-hybridized carbons (Fsp3) is 1.00. The normalized spacial score (nSPS) is 10.7. The quantitative estimate of drug-likeness (QED) is 0.466. The molecule has 0 saturated heterocycles. The van der Waals surface area contributed by atoms with Crippen molar-refractivity contribution in [2.45, 2.75) is 26.4 Å². The van der Waals surface area contributed by atoms with Gasteiger partial charge in [0.1, 0.15) is 0 Å². The first-order chi connectivity index (χ1) is 3.73. The van der Waals surface area contributed by atoms with E-state index in [2.05, 4.69) is 0 Å². The van der Waals surface area contributed by atoms with E-state index in [0.29, 0.717) is 0 Å². The highest BCUT2D eigenvalue weighted by Crippen LogP contribution is 2.10. The lowest BCUT2D eigenvalue weighted by molar-refractivity contribution is -0.110. The van der Waals surface area contributed by atoms with E-state index < -0.39 is 12.6 Å². The fourth-order valence-electron chi connectivity index (χ4n) is 0. The Bertz CT molecular complexity index is 45.7. The second kappa shape index (κ2) is 4.52. The molecule has 0 rings (SSSR count). The summed E-state index contributed by atoms with van der Waals surface area (Å²) in [6.45, 7) is 1.02. The van der Waals surface area contributed by atoms with Crippen LogP contribution >= 0.6 is 0 Å². The fourth-order valence-corrected chi connectivity index (χ4v) is 0. The number of hydrogen-bond acceptors (Lipinski definition) is 0. The second-order valence-corrected chi connectivity index (χ2v) is 1.30. The lowest BCUT2D eigenvalue weighted by Crippen LogP contribution is -1.95. The zero-order valence-corrected chi connectivity index (χ0v) is 4.97.